The van der Waals surface area contributed by atoms with Gasteiger partial charge in [0.05, 0.1) is 0 Å². The van der Waals surface area contributed by atoms with Crippen LogP contribution < -0.4 is 0 Å². The van der Waals surface area contributed by atoms with Gasteiger partial charge in [0.15, 0.2) is 0 Å². The Kier molecular flexibility index (Phi) is 7.55. The SMILES string of the molecule is CC1=CC2C(c3cc4c5ccccc5c(-c5c(C)ccc6c5ccc5c7ccc(C)c8c7c(cc65)-c5ccccc5-8)cc4c4ccccc34)=Cc3c(cc4c5c(c(C)ccc35)-c3ccccc3-4)C2C=C1. The summed E-state index contributed by atoms with van der Waals surface area (Å²) in [5.41, 5.74) is 24.4. The summed E-state index contributed by atoms with van der Waals surface area (Å²) in [6.07, 6.45) is 9.98. The summed E-state index contributed by atoms with van der Waals surface area (Å²) in [6, 6.07) is 65.6. The molecule has 326 valence electrons. The highest BCUT2D eigenvalue weighted by Crippen LogP contribution is 2.57. The van der Waals surface area contributed by atoms with Crippen LogP contribution in [0.3, 0.4) is 0 Å². The monoisotopic (exact) mass is 886 g/mol. The van der Waals surface area contributed by atoms with Gasteiger partial charge in [0.1, 0.15) is 0 Å². The van der Waals surface area contributed by atoms with Crippen LogP contribution in [0.4, 0.5) is 0 Å². The maximum absolute atomic E-state index is 2.59. The van der Waals surface area contributed by atoms with Gasteiger partial charge in [-0.25, -0.2) is 0 Å². The van der Waals surface area contributed by atoms with E-state index in [9.17, 15) is 0 Å². The van der Waals surface area contributed by atoms with Gasteiger partial charge in [-0.2, -0.15) is 0 Å². The molecule has 0 heteroatoms. The normalized spacial score (nSPS) is 16.1. The maximum atomic E-state index is 2.59. The van der Waals surface area contributed by atoms with E-state index in [-0.39, 0.29) is 11.8 Å². The van der Waals surface area contributed by atoms with Crippen LogP contribution in [0.25, 0.3) is 143 Å². The molecule has 0 nitrogen and oxygen atoms in total. The van der Waals surface area contributed by atoms with Gasteiger partial charge in [0.25, 0.3) is 0 Å². The minimum absolute atomic E-state index is 0.203. The lowest BCUT2D eigenvalue weighted by Crippen LogP contribution is -2.19. The first-order chi connectivity index (χ1) is 34.4. The Balaban J connectivity index is 0.955. The van der Waals surface area contributed by atoms with E-state index in [1.165, 1.54) is 176 Å². The maximum Gasteiger partial charge on any atom is 0.0134 e. The summed E-state index contributed by atoms with van der Waals surface area (Å²) in [6.45, 7) is 9.11. The third-order valence-corrected chi connectivity index (χ3v) is 17.1. The van der Waals surface area contributed by atoms with E-state index in [2.05, 4.69) is 222 Å². The molecule has 0 aromatic heterocycles. The lowest BCUT2D eigenvalue weighted by Gasteiger charge is -2.35. The molecule has 12 aromatic carbocycles. The highest BCUT2D eigenvalue weighted by molar-refractivity contribution is 6.30. The third-order valence-electron chi connectivity index (χ3n) is 17.1. The van der Waals surface area contributed by atoms with Crippen LogP contribution in [0.2, 0.25) is 0 Å². The molecule has 2 atom stereocenters. The van der Waals surface area contributed by atoms with Crippen molar-refractivity contribution < 1.29 is 0 Å². The molecule has 0 radical (unpaired) electrons. The summed E-state index contributed by atoms with van der Waals surface area (Å²) in [4.78, 5) is 0. The van der Waals surface area contributed by atoms with Crippen molar-refractivity contribution in [3.05, 3.63) is 227 Å². The fourth-order valence-corrected chi connectivity index (χ4v) is 14.1. The first kappa shape index (κ1) is 38.6. The van der Waals surface area contributed by atoms with Crippen LogP contribution in [0, 0.1) is 26.7 Å². The Labute approximate surface area is 407 Å². The summed E-state index contributed by atoms with van der Waals surface area (Å²) >= 11 is 0. The molecule has 0 fully saturated rings. The predicted octanol–water partition coefficient (Wildman–Crippen LogP) is 19.4. The van der Waals surface area contributed by atoms with Crippen molar-refractivity contribution in [2.75, 3.05) is 0 Å². The topological polar surface area (TPSA) is 0 Å². The van der Waals surface area contributed by atoms with Crippen LogP contribution >= 0.6 is 0 Å². The van der Waals surface area contributed by atoms with Gasteiger partial charge in [-0.15, -0.1) is 0 Å². The van der Waals surface area contributed by atoms with Crippen molar-refractivity contribution in [2.45, 2.75) is 33.6 Å². The first-order valence-corrected chi connectivity index (χ1v) is 25.1. The minimum Gasteiger partial charge on any atom is -0.0758 e. The molecule has 2 unspecified atom stereocenters. The van der Waals surface area contributed by atoms with Crippen LogP contribution in [0.15, 0.2) is 194 Å². The average molecular weight is 887 g/mol. The highest BCUT2D eigenvalue weighted by atomic mass is 14.4. The van der Waals surface area contributed by atoms with Crippen molar-refractivity contribution >= 4 is 87.1 Å². The zero-order valence-corrected chi connectivity index (χ0v) is 39.6. The minimum atomic E-state index is 0.203. The number of hydrogen-bond donors (Lipinski definition) is 0. The fourth-order valence-electron chi connectivity index (χ4n) is 14.1. The van der Waals surface area contributed by atoms with Crippen LogP contribution in [-0.4, -0.2) is 0 Å². The number of benzene rings is 12. The molecular weight excluding hydrogens is 841 g/mol. The van der Waals surface area contributed by atoms with Gasteiger partial charge >= 0.3 is 0 Å². The largest absolute Gasteiger partial charge is 0.0758 e. The number of allylic oxidation sites excluding steroid dienone is 5. The van der Waals surface area contributed by atoms with Gasteiger partial charge < -0.3 is 0 Å². The summed E-state index contributed by atoms with van der Waals surface area (Å²) in [5.74, 6) is 0.429. The molecule has 0 N–H and O–H groups in total. The molecule has 70 heavy (non-hydrogen) atoms. The average Bonchev–Trinajstić information content (AvgIpc) is 3.92. The van der Waals surface area contributed by atoms with Crippen molar-refractivity contribution in [1.82, 2.24) is 0 Å². The number of rotatable bonds is 2. The second kappa shape index (κ2) is 13.7. The lowest BCUT2D eigenvalue weighted by molar-refractivity contribution is 0.705. The molecule has 0 bridgehead atoms. The van der Waals surface area contributed by atoms with Gasteiger partial charge in [0.2, 0.25) is 0 Å². The van der Waals surface area contributed by atoms with E-state index < -0.39 is 0 Å². The molecule has 16 rings (SSSR count). The van der Waals surface area contributed by atoms with E-state index in [0.29, 0.717) is 0 Å². The van der Waals surface area contributed by atoms with E-state index >= 15 is 0 Å². The van der Waals surface area contributed by atoms with E-state index in [4.69, 9.17) is 0 Å². The zero-order chi connectivity index (χ0) is 46.3. The predicted molar refractivity (Wildman–Crippen MR) is 301 cm³/mol. The summed E-state index contributed by atoms with van der Waals surface area (Å²) in [5, 5.41) is 18.5. The summed E-state index contributed by atoms with van der Waals surface area (Å²) in [7, 11) is 0. The van der Waals surface area contributed by atoms with Crippen LogP contribution in [0.1, 0.15) is 46.2 Å². The smallest absolute Gasteiger partial charge is 0.0134 e. The Hall–Kier alpha value is -8.32. The van der Waals surface area contributed by atoms with Crippen molar-refractivity contribution in [3.63, 3.8) is 0 Å². The molecule has 0 saturated heterocycles. The second-order valence-electron chi connectivity index (χ2n) is 20.8. The van der Waals surface area contributed by atoms with Crippen molar-refractivity contribution in [3.8, 4) is 55.6 Å². The molecule has 12 aromatic rings. The van der Waals surface area contributed by atoms with Gasteiger partial charge in [-0.05, 0) is 228 Å². The molecule has 4 aliphatic rings. The van der Waals surface area contributed by atoms with Gasteiger partial charge in [0, 0.05) is 11.8 Å². The first-order valence-electron chi connectivity index (χ1n) is 25.1. The molecule has 0 saturated carbocycles. The van der Waals surface area contributed by atoms with Crippen molar-refractivity contribution in [1.29, 1.82) is 0 Å². The highest BCUT2D eigenvalue weighted by Gasteiger charge is 2.36. The summed E-state index contributed by atoms with van der Waals surface area (Å²) < 4.78 is 0. The molecular formula is C70H46. The van der Waals surface area contributed by atoms with E-state index in [1.807, 2.05) is 0 Å². The lowest BCUT2D eigenvalue weighted by atomic mass is 9.68. The number of hydrogen-bond acceptors (Lipinski definition) is 0. The zero-order valence-electron chi connectivity index (χ0n) is 39.6. The third kappa shape index (κ3) is 4.91. The van der Waals surface area contributed by atoms with Crippen LogP contribution in [-0.2, 0) is 0 Å². The number of aryl methyl sites for hydroxylation is 3. The molecule has 0 amide bonds. The Morgan fingerprint density at radius 3 is 1.46 bits per heavy atom. The molecule has 0 spiro atoms. The molecule has 0 heterocycles. The number of fused-ring (bicyclic) bond motifs is 19. The van der Waals surface area contributed by atoms with Crippen molar-refractivity contribution in [2.24, 2.45) is 5.92 Å². The molecule has 0 aliphatic heterocycles. The van der Waals surface area contributed by atoms with Gasteiger partial charge in [-0.1, -0.05) is 169 Å². The van der Waals surface area contributed by atoms with Gasteiger partial charge in [-0.3, -0.25) is 0 Å². The fraction of sp³-hybridized carbons (Fsp3) is 0.0857. The Morgan fingerprint density at radius 1 is 0.314 bits per heavy atom. The standard InChI is InChI=1S/C70H46/c1-37-21-25-49-55(31-37)62(33-61-54-28-24-40(4)68-51-20-12-10-18-46(51)65(70(54)68)36-60(49)61)58-32-57-43-15-7-8-16-44(43)63(35-59(57)42-14-6-5-13-41(42)58)66-38(2)22-26-47-52(66)30-29-48-53-27-23-39(3)67-50-19-11-9-17-45(50)64(69(53)67)34-56(47)48/h5-36,49,55H,1-4H3. The molecule has 4 aliphatic carbocycles. The Morgan fingerprint density at radius 2 is 0.771 bits per heavy atom. The Bertz CT molecular complexity index is 4560. The van der Waals surface area contributed by atoms with E-state index in [1.54, 1.807) is 0 Å². The quantitative estimate of drug-likeness (QED) is 0.152. The van der Waals surface area contributed by atoms with Crippen LogP contribution in [0.5, 0.6) is 0 Å². The van der Waals surface area contributed by atoms with E-state index in [0.717, 1.165) is 0 Å². The second-order valence-corrected chi connectivity index (χ2v) is 20.8.